The molecule has 0 saturated carbocycles. The number of anilines is 2. The van der Waals surface area contributed by atoms with E-state index in [1.807, 2.05) is 30.4 Å². The third-order valence-corrected chi connectivity index (χ3v) is 1.96. The molecule has 0 fully saturated rings. The third-order valence-electron chi connectivity index (χ3n) is 1.96. The van der Waals surface area contributed by atoms with Gasteiger partial charge in [-0.1, -0.05) is 12.2 Å². The van der Waals surface area contributed by atoms with Crippen LogP contribution in [0.5, 0.6) is 0 Å². The minimum atomic E-state index is 0.761. The first kappa shape index (κ1) is 7.18. The van der Waals surface area contributed by atoms with Gasteiger partial charge in [0, 0.05) is 11.3 Å². The molecular weight excluding hydrogens is 150 g/mol. The summed E-state index contributed by atoms with van der Waals surface area (Å²) in [6, 6.07) is 5.72. The Morgan fingerprint density at radius 2 is 2.17 bits per heavy atom. The van der Waals surface area contributed by atoms with Gasteiger partial charge < -0.3 is 10.7 Å². The lowest BCUT2D eigenvalue weighted by Crippen LogP contribution is -2.32. The topological polar surface area (TPSA) is 55.3 Å². The molecule has 0 saturated heterocycles. The SMILES string of the molecule is Nc1ccc2c(c1)C=CCN2N. The summed E-state index contributed by atoms with van der Waals surface area (Å²) < 4.78 is 0. The molecule has 0 aromatic heterocycles. The summed E-state index contributed by atoms with van der Waals surface area (Å²) in [4.78, 5) is 0. The molecule has 12 heavy (non-hydrogen) atoms. The first-order valence-electron chi connectivity index (χ1n) is 3.85. The Morgan fingerprint density at radius 3 is 3.00 bits per heavy atom. The fraction of sp³-hybridized carbons (Fsp3) is 0.111. The van der Waals surface area contributed by atoms with Crippen molar-refractivity contribution >= 4 is 17.5 Å². The molecule has 62 valence electrons. The van der Waals surface area contributed by atoms with Crippen LogP contribution in [-0.4, -0.2) is 6.54 Å². The van der Waals surface area contributed by atoms with E-state index in [0.717, 1.165) is 23.5 Å². The highest BCUT2D eigenvalue weighted by molar-refractivity contribution is 5.73. The van der Waals surface area contributed by atoms with Gasteiger partial charge in [0.05, 0.1) is 12.2 Å². The Bertz CT molecular complexity index is 331. The predicted octanol–water partition coefficient (Wildman–Crippen LogP) is 0.976. The van der Waals surface area contributed by atoms with Crippen molar-refractivity contribution < 1.29 is 0 Å². The Balaban J connectivity index is 2.55. The summed E-state index contributed by atoms with van der Waals surface area (Å²) in [5, 5.41) is 1.70. The third kappa shape index (κ3) is 1.04. The van der Waals surface area contributed by atoms with Crippen LogP contribution in [0, 0.1) is 0 Å². The van der Waals surface area contributed by atoms with Gasteiger partial charge in [0.1, 0.15) is 0 Å². The van der Waals surface area contributed by atoms with Gasteiger partial charge in [-0.3, -0.25) is 0 Å². The fourth-order valence-corrected chi connectivity index (χ4v) is 1.36. The number of hydrogen-bond acceptors (Lipinski definition) is 3. The van der Waals surface area contributed by atoms with Crippen molar-refractivity contribution in [2.75, 3.05) is 17.3 Å². The Labute approximate surface area is 71.2 Å². The zero-order valence-corrected chi connectivity index (χ0v) is 6.70. The minimum absolute atomic E-state index is 0.761. The van der Waals surface area contributed by atoms with Crippen molar-refractivity contribution in [2.45, 2.75) is 0 Å². The van der Waals surface area contributed by atoms with Crippen LogP contribution < -0.4 is 16.6 Å². The minimum Gasteiger partial charge on any atom is -0.399 e. The Morgan fingerprint density at radius 1 is 1.33 bits per heavy atom. The van der Waals surface area contributed by atoms with Gasteiger partial charge in [0.15, 0.2) is 0 Å². The van der Waals surface area contributed by atoms with Crippen molar-refractivity contribution in [3.63, 3.8) is 0 Å². The van der Waals surface area contributed by atoms with Crippen molar-refractivity contribution in [3.8, 4) is 0 Å². The average molecular weight is 161 g/mol. The van der Waals surface area contributed by atoms with Gasteiger partial charge in [0.25, 0.3) is 0 Å². The van der Waals surface area contributed by atoms with Crippen molar-refractivity contribution in [2.24, 2.45) is 5.84 Å². The van der Waals surface area contributed by atoms with Gasteiger partial charge in [-0.15, -0.1) is 0 Å². The van der Waals surface area contributed by atoms with Gasteiger partial charge in [0.2, 0.25) is 0 Å². The summed E-state index contributed by atoms with van der Waals surface area (Å²) in [5.74, 6) is 5.74. The van der Waals surface area contributed by atoms with Crippen LogP contribution in [0.2, 0.25) is 0 Å². The van der Waals surface area contributed by atoms with Crippen LogP contribution in [-0.2, 0) is 0 Å². The summed E-state index contributed by atoms with van der Waals surface area (Å²) >= 11 is 0. The summed E-state index contributed by atoms with van der Waals surface area (Å²) in [6.07, 6.45) is 4.05. The van der Waals surface area contributed by atoms with Crippen LogP contribution in [0.1, 0.15) is 5.56 Å². The van der Waals surface area contributed by atoms with Crippen LogP contribution >= 0.6 is 0 Å². The lowest BCUT2D eigenvalue weighted by Gasteiger charge is -2.22. The van der Waals surface area contributed by atoms with E-state index in [4.69, 9.17) is 11.6 Å². The van der Waals surface area contributed by atoms with Crippen LogP contribution in [0.4, 0.5) is 11.4 Å². The lowest BCUT2D eigenvalue weighted by atomic mass is 10.1. The monoisotopic (exact) mass is 161 g/mol. The highest BCUT2D eigenvalue weighted by Crippen LogP contribution is 2.25. The number of nitrogens with zero attached hydrogens (tertiary/aromatic N) is 1. The maximum absolute atomic E-state index is 5.74. The summed E-state index contributed by atoms with van der Waals surface area (Å²) in [7, 11) is 0. The second-order valence-electron chi connectivity index (χ2n) is 2.87. The van der Waals surface area contributed by atoms with Crippen LogP contribution in [0.3, 0.4) is 0 Å². The first-order valence-corrected chi connectivity index (χ1v) is 3.85. The number of hydrazine groups is 1. The quantitative estimate of drug-likeness (QED) is 0.440. The molecule has 4 N–H and O–H groups in total. The highest BCUT2D eigenvalue weighted by Gasteiger charge is 2.08. The molecule has 3 heteroatoms. The molecule has 0 bridgehead atoms. The number of fused-ring (bicyclic) bond motifs is 1. The van der Waals surface area contributed by atoms with Crippen molar-refractivity contribution in [3.05, 3.63) is 29.8 Å². The van der Waals surface area contributed by atoms with Gasteiger partial charge >= 0.3 is 0 Å². The molecule has 0 atom stereocenters. The van der Waals surface area contributed by atoms with Gasteiger partial charge in [-0.2, -0.15) is 0 Å². The molecule has 0 amide bonds. The van der Waals surface area contributed by atoms with Gasteiger partial charge in [-0.25, -0.2) is 5.84 Å². The molecule has 2 rings (SSSR count). The first-order chi connectivity index (χ1) is 5.77. The normalized spacial score (nSPS) is 14.6. The highest BCUT2D eigenvalue weighted by atomic mass is 15.4. The Hall–Kier alpha value is -1.48. The number of benzene rings is 1. The van der Waals surface area contributed by atoms with Crippen LogP contribution in [0.15, 0.2) is 24.3 Å². The van der Waals surface area contributed by atoms with Crippen LogP contribution in [0.25, 0.3) is 6.08 Å². The smallest absolute Gasteiger partial charge is 0.0594 e. The molecule has 1 aliphatic rings. The van der Waals surface area contributed by atoms with Gasteiger partial charge in [-0.05, 0) is 18.2 Å². The number of hydrogen-bond donors (Lipinski definition) is 2. The zero-order valence-electron chi connectivity index (χ0n) is 6.70. The van der Waals surface area contributed by atoms with Crippen molar-refractivity contribution in [1.29, 1.82) is 0 Å². The molecular formula is C9H11N3. The van der Waals surface area contributed by atoms with E-state index in [2.05, 4.69) is 0 Å². The second kappa shape index (κ2) is 2.53. The fourth-order valence-electron chi connectivity index (χ4n) is 1.36. The Kier molecular flexibility index (Phi) is 1.52. The second-order valence-corrected chi connectivity index (χ2v) is 2.87. The molecule has 1 aliphatic heterocycles. The van der Waals surface area contributed by atoms with E-state index in [0.29, 0.717) is 0 Å². The molecule has 0 radical (unpaired) electrons. The van der Waals surface area contributed by atoms with E-state index >= 15 is 0 Å². The standard InChI is InChI=1S/C9H11N3/c10-8-3-4-9-7(6-8)2-1-5-12(9)11/h1-4,6H,5,10-11H2. The molecule has 0 spiro atoms. The summed E-state index contributed by atoms with van der Waals surface area (Å²) in [5.41, 5.74) is 8.53. The molecule has 1 aromatic carbocycles. The molecule has 1 heterocycles. The number of nitrogens with two attached hydrogens (primary N) is 2. The largest absolute Gasteiger partial charge is 0.399 e. The van der Waals surface area contributed by atoms with E-state index < -0.39 is 0 Å². The van der Waals surface area contributed by atoms with E-state index in [9.17, 15) is 0 Å². The maximum atomic E-state index is 5.74. The zero-order chi connectivity index (χ0) is 8.55. The molecule has 3 nitrogen and oxygen atoms in total. The molecule has 0 aliphatic carbocycles. The predicted molar refractivity (Wildman–Crippen MR) is 51.4 cm³/mol. The average Bonchev–Trinajstić information content (AvgIpc) is 2.04. The van der Waals surface area contributed by atoms with E-state index in [-0.39, 0.29) is 0 Å². The van der Waals surface area contributed by atoms with E-state index in [1.54, 1.807) is 5.01 Å². The molecule has 1 aromatic rings. The lowest BCUT2D eigenvalue weighted by molar-refractivity contribution is 0.932. The number of rotatable bonds is 0. The maximum Gasteiger partial charge on any atom is 0.0594 e. The van der Waals surface area contributed by atoms with Crippen molar-refractivity contribution in [1.82, 2.24) is 0 Å². The van der Waals surface area contributed by atoms with E-state index in [1.165, 1.54) is 0 Å². The molecule has 0 unspecified atom stereocenters. The summed E-state index contributed by atoms with van der Waals surface area (Å²) in [6.45, 7) is 0.761. The number of nitrogen functional groups attached to an aromatic ring is 1.